The van der Waals surface area contributed by atoms with Gasteiger partial charge < -0.3 is 4.90 Å². The molecule has 3 aromatic carbocycles. The zero-order chi connectivity index (χ0) is 27.0. The van der Waals surface area contributed by atoms with Gasteiger partial charge in [-0.25, -0.2) is 13.4 Å². The maximum atomic E-state index is 13.7. The molecule has 7 nitrogen and oxygen atoms in total. The molecule has 206 valence electrons. The van der Waals surface area contributed by atoms with Crippen LogP contribution in [0.4, 0.5) is 5.13 Å². The molecule has 0 saturated heterocycles. The first-order chi connectivity index (χ1) is 18.1. The summed E-state index contributed by atoms with van der Waals surface area (Å²) in [5.41, 5.74) is 4.38. The summed E-state index contributed by atoms with van der Waals surface area (Å²) < 4.78 is 29.2. The third-order valence-electron chi connectivity index (χ3n) is 6.72. The Morgan fingerprint density at radius 3 is 2.44 bits per heavy atom. The standard InChI is InChI=1S/C28H29ClN4O3S2.ClH/c1-19-16-23(29)17-25-26(19)30-28(37-25)33(15-14-31(2)3)27(34)21-8-10-24(11-9-21)38(35,36)32-13-12-20-6-4-5-7-22(20)18-32;/h4-11,16-17H,12-15,18H2,1-3H3;1H. The first-order valence-electron chi connectivity index (χ1n) is 12.3. The molecule has 0 atom stereocenters. The number of amides is 1. The van der Waals surface area contributed by atoms with Gasteiger partial charge in [-0.2, -0.15) is 4.31 Å². The summed E-state index contributed by atoms with van der Waals surface area (Å²) >= 11 is 7.66. The van der Waals surface area contributed by atoms with E-state index in [9.17, 15) is 13.2 Å². The number of likely N-dealkylation sites (N-methyl/N-ethyl adjacent to an activating group) is 1. The van der Waals surface area contributed by atoms with E-state index in [-0.39, 0.29) is 23.2 Å². The second-order valence-corrected chi connectivity index (χ2v) is 13.1. The van der Waals surface area contributed by atoms with Gasteiger partial charge in [0.25, 0.3) is 5.91 Å². The van der Waals surface area contributed by atoms with E-state index in [1.54, 1.807) is 17.0 Å². The fraction of sp³-hybridized carbons (Fsp3) is 0.286. The summed E-state index contributed by atoms with van der Waals surface area (Å²) in [4.78, 5) is 22.3. The Labute approximate surface area is 244 Å². The summed E-state index contributed by atoms with van der Waals surface area (Å²) in [6.45, 7) is 3.80. The molecule has 0 bridgehead atoms. The quantitative estimate of drug-likeness (QED) is 0.273. The van der Waals surface area contributed by atoms with Crippen LogP contribution in [0.15, 0.2) is 65.6 Å². The molecule has 1 aliphatic heterocycles. The van der Waals surface area contributed by atoms with E-state index in [0.717, 1.165) is 21.3 Å². The van der Waals surface area contributed by atoms with Crippen molar-refractivity contribution in [2.45, 2.75) is 24.8 Å². The van der Waals surface area contributed by atoms with Gasteiger partial charge in [0.1, 0.15) is 0 Å². The summed E-state index contributed by atoms with van der Waals surface area (Å²) in [5.74, 6) is -0.231. The number of aromatic nitrogens is 1. The lowest BCUT2D eigenvalue weighted by Crippen LogP contribution is -2.37. The molecule has 5 rings (SSSR count). The van der Waals surface area contributed by atoms with Gasteiger partial charge >= 0.3 is 0 Å². The van der Waals surface area contributed by atoms with Crippen LogP contribution in [0.1, 0.15) is 27.0 Å². The second kappa shape index (κ2) is 11.9. The number of carbonyl (C=O) groups is 1. The van der Waals surface area contributed by atoms with Crippen molar-refractivity contribution < 1.29 is 13.2 Å². The Kier molecular flexibility index (Phi) is 9.00. The number of benzene rings is 3. The van der Waals surface area contributed by atoms with Gasteiger partial charge in [0.2, 0.25) is 10.0 Å². The van der Waals surface area contributed by atoms with Crippen LogP contribution in [0.5, 0.6) is 0 Å². The molecule has 1 amide bonds. The van der Waals surface area contributed by atoms with E-state index in [0.29, 0.717) is 48.3 Å². The summed E-state index contributed by atoms with van der Waals surface area (Å²) in [7, 11) is 0.208. The first kappa shape index (κ1) is 29.5. The maximum Gasteiger partial charge on any atom is 0.260 e. The van der Waals surface area contributed by atoms with Crippen molar-refractivity contribution in [3.05, 3.63) is 87.9 Å². The SMILES string of the molecule is Cc1cc(Cl)cc2sc(N(CCN(C)C)C(=O)c3ccc(S(=O)(=O)N4CCc5ccccc5C4)cc3)nc12.Cl. The highest BCUT2D eigenvalue weighted by molar-refractivity contribution is 7.89. The number of carbonyl (C=O) groups excluding carboxylic acids is 1. The summed E-state index contributed by atoms with van der Waals surface area (Å²) in [6, 6.07) is 17.9. The average molecular weight is 606 g/mol. The van der Waals surface area contributed by atoms with Crippen LogP contribution in [0.3, 0.4) is 0 Å². The van der Waals surface area contributed by atoms with E-state index < -0.39 is 10.0 Å². The Balaban J connectivity index is 0.00000353. The predicted octanol–water partition coefficient (Wildman–Crippen LogP) is 5.64. The highest BCUT2D eigenvalue weighted by atomic mass is 35.5. The highest BCUT2D eigenvalue weighted by Crippen LogP contribution is 2.34. The van der Waals surface area contributed by atoms with Crippen LogP contribution >= 0.6 is 35.3 Å². The number of anilines is 1. The number of fused-ring (bicyclic) bond motifs is 2. The monoisotopic (exact) mass is 604 g/mol. The lowest BCUT2D eigenvalue weighted by molar-refractivity contribution is 0.0985. The molecule has 0 spiro atoms. The van der Waals surface area contributed by atoms with Crippen molar-refractivity contribution in [2.75, 3.05) is 38.6 Å². The molecule has 0 radical (unpaired) electrons. The smallest absolute Gasteiger partial charge is 0.260 e. The number of halogens is 2. The molecule has 0 saturated carbocycles. The molecule has 4 aromatic rings. The number of hydrogen-bond donors (Lipinski definition) is 0. The van der Waals surface area contributed by atoms with Crippen molar-refractivity contribution in [1.82, 2.24) is 14.2 Å². The van der Waals surface area contributed by atoms with Crippen LogP contribution in [0.2, 0.25) is 5.02 Å². The zero-order valence-electron chi connectivity index (χ0n) is 21.9. The molecule has 2 heterocycles. The summed E-state index contributed by atoms with van der Waals surface area (Å²) in [6.07, 6.45) is 0.680. The molecule has 1 aromatic heterocycles. The average Bonchev–Trinajstić information content (AvgIpc) is 3.32. The fourth-order valence-electron chi connectivity index (χ4n) is 4.59. The topological polar surface area (TPSA) is 73.8 Å². The van der Waals surface area contributed by atoms with Crippen molar-refractivity contribution >= 4 is 66.6 Å². The number of aryl methyl sites for hydroxylation is 1. The van der Waals surface area contributed by atoms with E-state index in [1.165, 1.54) is 33.3 Å². The fourth-order valence-corrected chi connectivity index (χ4v) is 7.46. The number of rotatable bonds is 7. The third kappa shape index (κ3) is 6.14. The van der Waals surface area contributed by atoms with Crippen LogP contribution in [0, 0.1) is 6.92 Å². The van der Waals surface area contributed by atoms with Gasteiger partial charge in [0, 0.05) is 36.8 Å². The molecule has 11 heteroatoms. The molecule has 0 unspecified atom stereocenters. The number of thiazole rings is 1. The Morgan fingerprint density at radius 2 is 1.74 bits per heavy atom. The first-order valence-corrected chi connectivity index (χ1v) is 15.0. The van der Waals surface area contributed by atoms with Gasteiger partial charge in [-0.1, -0.05) is 47.2 Å². The van der Waals surface area contributed by atoms with Gasteiger partial charge in [0.15, 0.2) is 5.13 Å². The van der Waals surface area contributed by atoms with Crippen molar-refractivity contribution in [3.8, 4) is 0 Å². The minimum absolute atomic E-state index is 0. The largest absolute Gasteiger partial charge is 0.308 e. The number of hydrogen-bond acceptors (Lipinski definition) is 6. The third-order valence-corrected chi connectivity index (χ3v) is 9.82. The van der Waals surface area contributed by atoms with Crippen LogP contribution < -0.4 is 4.90 Å². The molecule has 0 fully saturated rings. The zero-order valence-corrected chi connectivity index (χ0v) is 25.1. The molecular formula is C28H30Cl2N4O3S2. The lowest BCUT2D eigenvalue weighted by atomic mass is 10.0. The van der Waals surface area contributed by atoms with Gasteiger partial charge in [-0.05, 0) is 80.5 Å². The number of nitrogens with zero attached hydrogens (tertiary/aromatic N) is 4. The van der Waals surface area contributed by atoms with Crippen molar-refractivity contribution in [2.24, 2.45) is 0 Å². The highest BCUT2D eigenvalue weighted by Gasteiger charge is 2.29. The molecule has 0 N–H and O–H groups in total. The van der Waals surface area contributed by atoms with E-state index >= 15 is 0 Å². The molecule has 39 heavy (non-hydrogen) atoms. The minimum atomic E-state index is -3.69. The van der Waals surface area contributed by atoms with Gasteiger partial charge in [0.05, 0.1) is 15.1 Å². The lowest BCUT2D eigenvalue weighted by Gasteiger charge is -2.28. The summed E-state index contributed by atoms with van der Waals surface area (Å²) in [5, 5.41) is 1.21. The van der Waals surface area contributed by atoms with Crippen molar-refractivity contribution in [3.63, 3.8) is 0 Å². The van der Waals surface area contributed by atoms with Gasteiger partial charge in [-0.3, -0.25) is 9.69 Å². The maximum absolute atomic E-state index is 13.7. The predicted molar refractivity (Wildman–Crippen MR) is 161 cm³/mol. The Bertz CT molecular complexity index is 1610. The van der Waals surface area contributed by atoms with Gasteiger partial charge in [-0.15, -0.1) is 12.4 Å². The van der Waals surface area contributed by atoms with E-state index in [2.05, 4.69) is 0 Å². The number of sulfonamides is 1. The van der Waals surface area contributed by atoms with Crippen LogP contribution in [-0.4, -0.2) is 62.2 Å². The van der Waals surface area contributed by atoms with E-state index in [1.807, 2.05) is 62.3 Å². The van der Waals surface area contributed by atoms with Crippen LogP contribution in [0.25, 0.3) is 10.2 Å². The second-order valence-electron chi connectivity index (χ2n) is 9.71. The normalized spacial score (nSPS) is 13.8. The van der Waals surface area contributed by atoms with Crippen LogP contribution in [-0.2, 0) is 23.0 Å². The Hall–Kier alpha value is -2.53. The van der Waals surface area contributed by atoms with Crippen molar-refractivity contribution in [1.29, 1.82) is 0 Å². The minimum Gasteiger partial charge on any atom is -0.308 e. The van der Waals surface area contributed by atoms with E-state index in [4.69, 9.17) is 16.6 Å². The molecule has 1 aliphatic rings. The molecular weight excluding hydrogens is 575 g/mol. The Morgan fingerprint density at radius 1 is 1.05 bits per heavy atom. The molecule has 0 aliphatic carbocycles.